The number of aryl methyl sites for hydroxylation is 1. The fourth-order valence-corrected chi connectivity index (χ4v) is 2.17. The summed E-state index contributed by atoms with van der Waals surface area (Å²) in [5.74, 6) is 0.0511. The van der Waals surface area contributed by atoms with E-state index >= 15 is 0 Å². The Kier molecular flexibility index (Phi) is 4.76. The first-order chi connectivity index (χ1) is 9.16. The van der Waals surface area contributed by atoms with Gasteiger partial charge in [0.2, 0.25) is 0 Å². The highest BCUT2D eigenvalue weighted by atomic mass is 16.5. The molecule has 1 aromatic rings. The second kappa shape index (κ2) is 6.54. The highest BCUT2D eigenvalue weighted by molar-refractivity contribution is 5.73. The summed E-state index contributed by atoms with van der Waals surface area (Å²) in [6.45, 7) is 5.24. The molecule has 104 valence electrons. The number of nitrogens with zero attached hydrogens (tertiary/aromatic N) is 1. The number of carbonyl (C=O) groups is 1. The molecule has 0 saturated carbocycles. The second-order valence-electron chi connectivity index (χ2n) is 4.76. The molecular weight excluding hydrogens is 244 g/mol. The van der Waals surface area contributed by atoms with Gasteiger partial charge in [0.15, 0.2) is 0 Å². The van der Waals surface area contributed by atoms with Gasteiger partial charge in [-0.3, -0.25) is 9.69 Å². The SMILES string of the molecule is Cc1ccc(OCCN2CCNCC2C(=O)O)cc1. The molecule has 1 atom stereocenters. The van der Waals surface area contributed by atoms with E-state index in [4.69, 9.17) is 9.84 Å². The number of piperazine rings is 1. The number of hydrogen-bond acceptors (Lipinski definition) is 4. The van der Waals surface area contributed by atoms with Gasteiger partial charge in [0.05, 0.1) is 0 Å². The van der Waals surface area contributed by atoms with Crippen molar-refractivity contribution < 1.29 is 14.6 Å². The van der Waals surface area contributed by atoms with Crippen molar-refractivity contribution in [2.24, 2.45) is 0 Å². The Labute approximate surface area is 113 Å². The van der Waals surface area contributed by atoms with Crippen LogP contribution in [0.4, 0.5) is 0 Å². The van der Waals surface area contributed by atoms with Crippen LogP contribution in [0.5, 0.6) is 5.75 Å². The van der Waals surface area contributed by atoms with Crippen LogP contribution in [-0.2, 0) is 4.79 Å². The molecule has 5 nitrogen and oxygen atoms in total. The molecule has 0 spiro atoms. The molecule has 1 aromatic carbocycles. The standard InChI is InChI=1S/C14H20N2O3/c1-11-2-4-12(5-3-11)19-9-8-16-7-6-15-10-13(16)14(17)18/h2-5,13,15H,6-10H2,1H3,(H,17,18). The number of benzene rings is 1. The van der Waals surface area contributed by atoms with E-state index < -0.39 is 12.0 Å². The van der Waals surface area contributed by atoms with E-state index in [1.165, 1.54) is 5.56 Å². The highest BCUT2D eigenvalue weighted by Gasteiger charge is 2.27. The molecule has 2 rings (SSSR count). The Morgan fingerprint density at radius 1 is 1.47 bits per heavy atom. The number of ether oxygens (including phenoxy) is 1. The fraction of sp³-hybridized carbons (Fsp3) is 0.500. The van der Waals surface area contributed by atoms with E-state index in [0.717, 1.165) is 18.8 Å². The zero-order valence-corrected chi connectivity index (χ0v) is 11.1. The van der Waals surface area contributed by atoms with E-state index in [2.05, 4.69) is 5.32 Å². The van der Waals surface area contributed by atoms with Gasteiger partial charge in [0, 0.05) is 26.2 Å². The molecule has 1 heterocycles. The number of carboxylic acids is 1. The van der Waals surface area contributed by atoms with Crippen molar-refractivity contribution in [3.63, 3.8) is 0 Å². The number of rotatable bonds is 5. The van der Waals surface area contributed by atoms with E-state index in [0.29, 0.717) is 19.7 Å². The molecule has 1 aliphatic rings. The summed E-state index contributed by atoms with van der Waals surface area (Å²) in [6, 6.07) is 7.42. The minimum atomic E-state index is -0.775. The molecule has 0 aromatic heterocycles. The van der Waals surface area contributed by atoms with Gasteiger partial charge < -0.3 is 15.2 Å². The summed E-state index contributed by atoms with van der Waals surface area (Å²) in [5.41, 5.74) is 1.19. The van der Waals surface area contributed by atoms with E-state index in [-0.39, 0.29) is 0 Å². The lowest BCUT2D eigenvalue weighted by molar-refractivity contribution is -0.144. The van der Waals surface area contributed by atoms with Crippen LogP contribution in [0.1, 0.15) is 5.56 Å². The number of hydrogen-bond donors (Lipinski definition) is 2. The van der Waals surface area contributed by atoms with Gasteiger partial charge in [-0.05, 0) is 19.1 Å². The maximum absolute atomic E-state index is 11.1. The first-order valence-corrected chi connectivity index (χ1v) is 6.54. The van der Waals surface area contributed by atoms with Crippen LogP contribution in [0.3, 0.4) is 0 Å². The summed E-state index contributed by atoms with van der Waals surface area (Å²) >= 11 is 0. The minimum Gasteiger partial charge on any atom is -0.492 e. The highest BCUT2D eigenvalue weighted by Crippen LogP contribution is 2.11. The van der Waals surface area contributed by atoms with Gasteiger partial charge in [-0.15, -0.1) is 0 Å². The molecule has 1 fully saturated rings. The van der Waals surface area contributed by atoms with Crippen LogP contribution in [0.2, 0.25) is 0 Å². The van der Waals surface area contributed by atoms with E-state index in [1.54, 1.807) is 0 Å². The largest absolute Gasteiger partial charge is 0.492 e. The van der Waals surface area contributed by atoms with Crippen molar-refractivity contribution in [3.8, 4) is 5.75 Å². The maximum Gasteiger partial charge on any atom is 0.322 e. The first-order valence-electron chi connectivity index (χ1n) is 6.54. The first kappa shape index (κ1) is 13.8. The average molecular weight is 264 g/mol. The quantitative estimate of drug-likeness (QED) is 0.821. The van der Waals surface area contributed by atoms with Crippen molar-refractivity contribution in [3.05, 3.63) is 29.8 Å². The molecule has 0 bridgehead atoms. The van der Waals surface area contributed by atoms with E-state index in [9.17, 15) is 4.79 Å². The number of aliphatic carboxylic acids is 1. The van der Waals surface area contributed by atoms with Gasteiger partial charge >= 0.3 is 5.97 Å². The Bertz CT molecular complexity index is 419. The Morgan fingerprint density at radius 3 is 2.89 bits per heavy atom. The second-order valence-corrected chi connectivity index (χ2v) is 4.76. The smallest absolute Gasteiger partial charge is 0.322 e. The molecular formula is C14H20N2O3. The number of carboxylic acid groups (broad SMARTS) is 1. The molecule has 0 aliphatic carbocycles. The van der Waals surface area contributed by atoms with Crippen LogP contribution >= 0.6 is 0 Å². The topological polar surface area (TPSA) is 61.8 Å². The summed E-state index contributed by atoms with van der Waals surface area (Å²) in [4.78, 5) is 13.1. The molecule has 0 amide bonds. The zero-order valence-electron chi connectivity index (χ0n) is 11.1. The predicted molar refractivity (Wildman–Crippen MR) is 72.5 cm³/mol. The molecule has 5 heteroatoms. The molecule has 1 unspecified atom stereocenters. The van der Waals surface area contributed by atoms with E-state index in [1.807, 2.05) is 36.1 Å². The van der Waals surface area contributed by atoms with Crippen molar-refractivity contribution >= 4 is 5.97 Å². The Morgan fingerprint density at radius 2 is 2.21 bits per heavy atom. The third-order valence-corrected chi connectivity index (χ3v) is 3.31. The minimum absolute atomic E-state index is 0.449. The van der Waals surface area contributed by atoms with Gasteiger partial charge in [-0.25, -0.2) is 0 Å². The summed E-state index contributed by atoms with van der Waals surface area (Å²) < 4.78 is 5.64. The number of nitrogens with one attached hydrogen (secondary N) is 1. The molecule has 1 saturated heterocycles. The van der Waals surface area contributed by atoms with Crippen molar-refractivity contribution in [2.45, 2.75) is 13.0 Å². The van der Waals surface area contributed by atoms with Gasteiger partial charge in [0.1, 0.15) is 18.4 Å². The lowest BCUT2D eigenvalue weighted by Crippen LogP contribution is -2.55. The molecule has 0 radical (unpaired) electrons. The average Bonchev–Trinajstić information content (AvgIpc) is 2.41. The monoisotopic (exact) mass is 264 g/mol. The Balaban J connectivity index is 1.80. The van der Waals surface area contributed by atoms with Gasteiger partial charge in [0.25, 0.3) is 0 Å². The van der Waals surface area contributed by atoms with Crippen LogP contribution in [0.15, 0.2) is 24.3 Å². The van der Waals surface area contributed by atoms with Crippen LogP contribution in [0.25, 0.3) is 0 Å². The lowest BCUT2D eigenvalue weighted by Gasteiger charge is -2.33. The molecule has 19 heavy (non-hydrogen) atoms. The molecule has 2 N–H and O–H groups in total. The zero-order chi connectivity index (χ0) is 13.7. The third-order valence-electron chi connectivity index (χ3n) is 3.31. The fourth-order valence-electron chi connectivity index (χ4n) is 2.17. The van der Waals surface area contributed by atoms with Crippen LogP contribution < -0.4 is 10.1 Å². The summed E-state index contributed by atoms with van der Waals surface area (Å²) in [6.07, 6.45) is 0. The van der Waals surface area contributed by atoms with Crippen LogP contribution in [-0.4, -0.2) is 54.8 Å². The predicted octanol–water partition coefficient (Wildman–Crippen LogP) is 0.732. The Hall–Kier alpha value is -1.59. The van der Waals surface area contributed by atoms with Crippen molar-refractivity contribution in [2.75, 3.05) is 32.8 Å². The van der Waals surface area contributed by atoms with Crippen molar-refractivity contribution in [1.82, 2.24) is 10.2 Å². The summed E-state index contributed by atoms with van der Waals surface area (Å²) in [5, 5.41) is 12.2. The van der Waals surface area contributed by atoms with Gasteiger partial charge in [-0.1, -0.05) is 17.7 Å². The lowest BCUT2D eigenvalue weighted by atomic mass is 10.2. The third kappa shape index (κ3) is 3.94. The summed E-state index contributed by atoms with van der Waals surface area (Å²) in [7, 11) is 0. The van der Waals surface area contributed by atoms with Gasteiger partial charge in [-0.2, -0.15) is 0 Å². The maximum atomic E-state index is 11.1. The van der Waals surface area contributed by atoms with Crippen LogP contribution in [0, 0.1) is 6.92 Å². The van der Waals surface area contributed by atoms with Crippen molar-refractivity contribution in [1.29, 1.82) is 0 Å². The normalized spacial score (nSPS) is 20.2. The molecule has 1 aliphatic heterocycles.